The number of halogens is 1. The Morgan fingerprint density at radius 3 is 2.10 bits per heavy atom. The molecule has 0 heterocycles. The third-order valence-corrected chi connectivity index (χ3v) is 1.98. The predicted octanol–water partition coefficient (Wildman–Crippen LogP) is 2.82. The second-order valence-corrected chi connectivity index (χ2v) is 3.32. The Balaban J connectivity index is 3.85. The van der Waals surface area contributed by atoms with Crippen LogP contribution < -0.4 is 0 Å². The Labute approximate surface area is 67.8 Å². The Hall–Kier alpha value is -0.0400. The lowest BCUT2D eigenvalue weighted by atomic mass is 9.93. The Morgan fingerprint density at radius 1 is 1.50 bits per heavy atom. The highest BCUT2D eigenvalue weighted by Gasteiger charge is 2.18. The molecule has 0 aromatic carbocycles. The van der Waals surface area contributed by atoms with Gasteiger partial charge in [-0.05, 0) is 23.9 Å². The van der Waals surface area contributed by atoms with E-state index in [0.29, 0.717) is 5.92 Å². The SMILES string of the molecule is CCCC(C(=O)Cl)C(C)C. The zero-order valence-electron chi connectivity index (χ0n) is 6.86. The summed E-state index contributed by atoms with van der Waals surface area (Å²) >= 11 is 5.38. The molecule has 1 unspecified atom stereocenters. The zero-order chi connectivity index (χ0) is 8.15. The molecule has 1 nitrogen and oxygen atoms in total. The minimum Gasteiger partial charge on any atom is -0.281 e. The fourth-order valence-electron chi connectivity index (χ4n) is 1.02. The van der Waals surface area contributed by atoms with Crippen molar-refractivity contribution < 1.29 is 4.79 Å². The van der Waals surface area contributed by atoms with E-state index in [2.05, 4.69) is 6.92 Å². The van der Waals surface area contributed by atoms with E-state index < -0.39 is 0 Å². The van der Waals surface area contributed by atoms with Gasteiger partial charge in [0.2, 0.25) is 5.24 Å². The highest BCUT2D eigenvalue weighted by Crippen LogP contribution is 2.19. The van der Waals surface area contributed by atoms with Gasteiger partial charge >= 0.3 is 0 Å². The molecule has 0 aromatic rings. The molecule has 0 bridgehead atoms. The van der Waals surface area contributed by atoms with Crippen LogP contribution in [0.2, 0.25) is 0 Å². The maximum atomic E-state index is 10.7. The van der Waals surface area contributed by atoms with Gasteiger partial charge in [-0.3, -0.25) is 4.79 Å². The minimum atomic E-state index is -0.183. The minimum absolute atomic E-state index is 0.0617. The highest BCUT2D eigenvalue weighted by atomic mass is 35.5. The Bertz CT molecular complexity index is 110. The van der Waals surface area contributed by atoms with Gasteiger partial charge in [0.05, 0.1) is 0 Å². The van der Waals surface area contributed by atoms with E-state index in [0.717, 1.165) is 12.8 Å². The van der Waals surface area contributed by atoms with E-state index in [1.54, 1.807) is 0 Å². The smallest absolute Gasteiger partial charge is 0.224 e. The first-order valence-corrected chi connectivity index (χ1v) is 4.16. The van der Waals surface area contributed by atoms with Gasteiger partial charge in [0.15, 0.2) is 0 Å². The van der Waals surface area contributed by atoms with Crippen LogP contribution in [0.25, 0.3) is 0 Å². The predicted molar refractivity (Wildman–Crippen MR) is 44.1 cm³/mol. The van der Waals surface area contributed by atoms with Crippen LogP contribution in [0.1, 0.15) is 33.6 Å². The second kappa shape index (κ2) is 4.73. The molecule has 0 rings (SSSR count). The molecular formula is C8H15ClO. The monoisotopic (exact) mass is 162 g/mol. The Morgan fingerprint density at radius 2 is 2.00 bits per heavy atom. The first kappa shape index (κ1) is 9.96. The van der Waals surface area contributed by atoms with Crippen LogP contribution in [0, 0.1) is 11.8 Å². The quantitative estimate of drug-likeness (QED) is 0.581. The molecule has 0 spiro atoms. The summed E-state index contributed by atoms with van der Waals surface area (Å²) in [5.41, 5.74) is 0. The summed E-state index contributed by atoms with van der Waals surface area (Å²) in [6, 6.07) is 0. The molecule has 0 aromatic heterocycles. The summed E-state index contributed by atoms with van der Waals surface area (Å²) in [4.78, 5) is 10.7. The maximum absolute atomic E-state index is 10.7. The van der Waals surface area contributed by atoms with Crippen LogP contribution in [0.3, 0.4) is 0 Å². The molecule has 0 amide bonds. The molecule has 0 radical (unpaired) electrons. The average molecular weight is 163 g/mol. The van der Waals surface area contributed by atoms with Gasteiger partial charge in [0.1, 0.15) is 0 Å². The van der Waals surface area contributed by atoms with Crippen molar-refractivity contribution in [3.05, 3.63) is 0 Å². The molecule has 0 aliphatic carbocycles. The van der Waals surface area contributed by atoms with Gasteiger partial charge in [-0.1, -0.05) is 27.2 Å². The molecule has 0 aliphatic rings. The van der Waals surface area contributed by atoms with Crippen LogP contribution in [0.15, 0.2) is 0 Å². The lowest BCUT2D eigenvalue weighted by Crippen LogP contribution is -2.15. The lowest BCUT2D eigenvalue weighted by molar-refractivity contribution is -0.116. The molecular weight excluding hydrogens is 148 g/mol. The highest BCUT2D eigenvalue weighted by molar-refractivity contribution is 6.64. The number of hydrogen-bond acceptors (Lipinski definition) is 1. The fraction of sp³-hybridized carbons (Fsp3) is 0.875. The summed E-state index contributed by atoms with van der Waals surface area (Å²) in [5.74, 6) is 0.441. The average Bonchev–Trinajstić information content (AvgIpc) is 1.81. The molecule has 0 saturated carbocycles. The van der Waals surface area contributed by atoms with Crippen molar-refractivity contribution in [1.29, 1.82) is 0 Å². The number of carbonyl (C=O) groups excluding carboxylic acids is 1. The van der Waals surface area contributed by atoms with E-state index in [1.165, 1.54) is 0 Å². The summed E-state index contributed by atoms with van der Waals surface area (Å²) in [7, 11) is 0. The van der Waals surface area contributed by atoms with Crippen LogP contribution in [-0.4, -0.2) is 5.24 Å². The van der Waals surface area contributed by atoms with Gasteiger partial charge in [0.25, 0.3) is 0 Å². The van der Waals surface area contributed by atoms with Gasteiger partial charge in [0, 0.05) is 5.92 Å². The normalized spacial score (nSPS) is 13.7. The van der Waals surface area contributed by atoms with Gasteiger partial charge < -0.3 is 0 Å². The molecule has 1 atom stereocenters. The summed E-state index contributed by atoms with van der Waals surface area (Å²) < 4.78 is 0. The van der Waals surface area contributed by atoms with Crippen LogP contribution in [0.4, 0.5) is 0 Å². The fourth-order valence-corrected chi connectivity index (χ4v) is 1.38. The number of carbonyl (C=O) groups is 1. The number of rotatable bonds is 4. The van der Waals surface area contributed by atoms with Crippen molar-refractivity contribution in [1.82, 2.24) is 0 Å². The third-order valence-electron chi connectivity index (χ3n) is 1.70. The van der Waals surface area contributed by atoms with Crippen molar-refractivity contribution in [2.24, 2.45) is 11.8 Å². The van der Waals surface area contributed by atoms with E-state index in [-0.39, 0.29) is 11.2 Å². The molecule has 10 heavy (non-hydrogen) atoms. The third kappa shape index (κ3) is 3.21. The summed E-state index contributed by atoms with van der Waals surface area (Å²) in [6.07, 6.45) is 1.95. The number of hydrogen-bond donors (Lipinski definition) is 0. The van der Waals surface area contributed by atoms with Crippen molar-refractivity contribution in [2.75, 3.05) is 0 Å². The van der Waals surface area contributed by atoms with Crippen molar-refractivity contribution in [3.8, 4) is 0 Å². The van der Waals surface area contributed by atoms with Crippen molar-refractivity contribution >= 4 is 16.8 Å². The van der Waals surface area contributed by atoms with E-state index in [9.17, 15) is 4.79 Å². The summed E-state index contributed by atoms with van der Waals surface area (Å²) in [5, 5.41) is -0.183. The van der Waals surface area contributed by atoms with E-state index >= 15 is 0 Å². The molecule has 2 heteroatoms. The van der Waals surface area contributed by atoms with Gasteiger partial charge in [-0.15, -0.1) is 0 Å². The molecule has 60 valence electrons. The van der Waals surface area contributed by atoms with Crippen LogP contribution in [-0.2, 0) is 4.79 Å². The van der Waals surface area contributed by atoms with Gasteiger partial charge in [-0.25, -0.2) is 0 Å². The second-order valence-electron chi connectivity index (χ2n) is 2.94. The maximum Gasteiger partial charge on any atom is 0.224 e. The summed E-state index contributed by atoms with van der Waals surface area (Å²) in [6.45, 7) is 6.12. The molecule has 0 saturated heterocycles. The van der Waals surface area contributed by atoms with E-state index in [4.69, 9.17) is 11.6 Å². The Kier molecular flexibility index (Phi) is 4.71. The zero-order valence-corrected chi connectivity index (χ0v) is 7.61. The van der Waals surface area contributed by atoms with Gasteiger partial charge in [-0.2, -0.15) is 0 Å². The van der Waals surface area contributed by atoms with E-state index in [1.807, 2.05) is 13.8 Å². The molecule has 0 aliphatic heterocycles. The van der Waals surface area contributed by atoms with Crippen molar-refractivity contribution in [3.63, 3.8) is 0 Å². The van der Waals surface area contributed by atoms with Crippen molar-refractivity contribution in [2.45, 2.75) is 33.6 Å². The topological polar surface area (TPSA) is 17.1 Å². The molecule has 0 fully saturated rings. The van der Waals surface area contributed by atoms with Crippen LogP contribution in [0.5, 0.6) is 0 Å². The first-order valence-electron chi connectivity index (χ1n) is 3.79. The first-order chi connectivity index (χ1) is 4.59. The largest absolute Gasteiger partial charge is 0.281 e. The standard InChI is InChI=1S/C8H15ClO/c1-4-5-7(6(2)3)8(9)10/h6-7H,4-5H2,1-3H3. The lowest BCUT2D eigenvalue weighted by Gasteiger charge is -2.14. The van der Waals surface area contributed by atoms with Crippen LogP contribution >= 0.6 is 11.6 Å². The molecule has 0 N–H and O–H groups in total.